The van der Waals surface area contributed by atoms with E-state index in [4.69, 9.17) is 9.47 Å². The highest BCUT2D eigenvalue weighted by Gasteiger charge is 2.09. The second-order valence-electron chi connectivity index (χ2n) is 5.26. The van der Waals surface area contributed by atoms with E-state index >= 15 is 0 Å². The van der Waals surface area contributed by atoms with Gasteiger partial charge in [0.15, 0.2) is 18.1 Å². The van der Waals surface area contributed by atoms with E-state index in [1.165, 1.54) is 4.90 Å². The molecule has 24 heavy (non-hydrogen) atoms. The number of amides is 2. The number of anilines is 1. The number of carbonyl (C=O) groups is 2. The quantitative estimate of drug-likeness (QED) is 0.884. The lowest BCUT2D eigenvalue weighted by Crippen LogP contribution is -2.22. The Balaban J connectivity index is 1.91. The Kier molecular flexibility index (Phi) is 5.78. The minimum Gasteiger partial charge on any atom is -0.493 e. The van der Waals surface area contributed by atoms with Gasteiger partial charge in [0.05, 0.1) is 7.11 Å². The van der Waals surface area contributed by atoms with Crippen LogP contribution >= 0.6 is 0 Å². The first-order valence-electron chi connectivity index (χ1n) is 7.38. The summed E-state index contributed by atoms with van der Waals surface area (Å²) in [6.07, 6.45) is 0. The molecule has 6 heteroatoms. The minimum atomic E-state index is -0.299. The number of carbonyl (C=O) groups excluding carboxylic acids is 2. The predicted molar refractivity (Wildman–Crippen MR) is 91.6 cm³/mol. The van der Waals surface area contributed by atoms with Gasteiger partial charge in [-0.1, -0.05) is 12.1 Å². The van der Waals surface area contributed by atoms with Crippen LogP contribution in [0.2, 0.25) is 0 Å². The van der Waals surface area contributed by atoms with Crippen LogP contribution in [0.4, 0.5) is 5.69 Å². The molecule has 0 aromatic heterocycles. The number of methoxy groups -OCH3 is 1. The van der Waals surface area contributed by atoms with Crippen molar-refractivity contribution in [3.8, 4) is 11.5 Å². The predicted octanol–water partition coefficient (Wildman–Crippen LogP) is 2.41. The fourth-order valence-corrected chi connectivity index (χ4v) is 2.03. The molecule has 0 saturated carbocycles. The summed E-state index contributed by atoms with van der Waals surface area (Å²) in [5.74, 6) is 0.680. The van der Waals surface area contributed by atoms with Gasteiger partial charge in [-0.05, 0) is 36.4 Å². The van der Waals surface area contributed by atoms with Crippen LogP contribution < -0.4 is 14.8 Å². The fraction of sp³-hybridized carbons (Fsp3) is 0.222. The minimum absolute atomic E-state index is 0.0904. The molecule has 0 bridgehead atoms. The molecular weight excluding hydrogens is 308 g/mol. The molecule has 1 N–H and O–H groups in total. The Morgan fingerprint density at radius 3 is 2.21 bits per heavy atom. The molecular formula is C18H20N2O4. The molecule has 0 spiro atoms. The maximum absolute atomic E-state index is 12.0. The van der Waals surface area contributed by atoms with Crippen molar-refractivity contribution >= 4 is 17.5 Å². The molecule has 0 atom stereocenters. The summed E-state index contributed by atoms with van der Waals surface area (Å²) in [5.41, 5.74) is 1.15. The lowest BCUT2D eigenvalue weighted by Gasteiger charge is -2.12. The standard InChI is InChI=1S/C18H20N2O4/c1-20(2)18(22)13-8-10-14(11-9-13)19-17(21)12-24-16-7-5-4-6-15(16)23-3/h4-11H,12H2,1-3H3,(H,19,21). The summed E-state index contributed by atoms with van der Waals surface area (Å²) in [4.78, 5) is 25.3. The second kappa shape index (κ2) is 8.01. The molecule has 2 aromatic carbocycles. The van der Waals surface area contributed by atoms with Gasteiger partial charge in [0.1, 0.15) is 0 Å². The van der Waals surface area contributed by atoms with Crippen molar-refractivity contribution in [1.82, 2.24) is 4.90 Å². The second-order valence-corrected chi connectivity index (χ2v) is 5.26. The van der Waals surface area contributed by atoms with Crippen molar-refractivity contribution in [3.63, 3.8) is 0 Å². The lowest BCUT2D eigenvalue weighted by atomic mass is 10.2. The monoisotopic (exact) mass is 328 g/mol. The van der Waals surface area contributed by atoms with Crippen LogP contribution in [0.15, 0.2) is 48.5 Å². The Labute approximate surface area is 141 Å². The zero-order valence-electron chi connectivity index (χ0n) is 13.9. The van der Waals surface area contributed by atoms with E-state index in [1.807, 2.05) is 6.07 Å². The van der Waals surface area contributed by atoms with Crippen LogP contribution in [0.1, 0.15) is 10.4 Å². The summed E-state index contributed by atoms with van der Waals surface area (Å²) in [6.45, 7) is -0.140. The fourth-order valence-electron chi connectivity index (χ4n) is 2.03. The molecule has 0 fully saturated rings. The van der Waals surface area contributed by atoms with E-state index in [0.717, 1.165) is 0 Å². The molecule has 2 rings (SSSR count). The molecule has 0 heterocycles. The number of rotatable bonds is 6. The molecule has 0 aliphatic rings. The van der Waals surface area contributed by atoms with Gasteiger partial charge in [-0.2, -0.15) is 0 Å². The highest BCUT2D eigenvalue weighted by Crippen LogP contribution is 2.25. The largest absolute Gasteiger partial charge is 0.493 e. The highest BCUT2D eigenvalue weighted by molar-refractivity contribution is 5.95. The number of benzene rings is 2. The summed E-state index contributed by atoms with van der Waals surface area (Å²) in [5, 5.41) is 2.72. The molecule has 6 nitrogen and oxygen atoms in total. The number of nitrogens with one attached hydrogen (secondary N) is 1. The SMILES string of the molecule is COc1ccccc1OCC(=O)Nc1ccc(C(=O)N(C)C)cc1. The van der Waals surface area contributed by atoms with Crippen molar-refractivity contribution in [3.05, 3.63) is 54.1 Å². The Hall–Kier alpha value is -3.02. The van der Waals surface area contributed by atoms with Crippen molar-refractivity contribution in [2.75, 3.05) is 33.1 Å². The zero-order chi connectivity index (χ0) is 17.5. The highest BCUT2D eigenvalue weighted by atomic mass is 16.5. The third kappa shape index (κ3) is 4.49. The van der Waals surface area contributed by atoms with Crippen LogP contribution in [-0.4, -0.2) is 44.5 Å². The van der Waals surface area contributed by atoms with Crippen LogP contribution in [0.5, 0.6) is 11.5 Å². The molecule has 0 aliphatic heterocycles. The average Bonchev–Trinajstić information content (AvgIpc) is 2.60. The third-order valence-electron chi connectivity index (χ3n) is 3.25. The zero-order valence-corrected chi connectivity index (χ0v) is 13.9. The molecule has 0 unspecified atom stereocenters. The van der Waals surface area contributed by atoms with E-state index in [2.05, 4.69) is 5.32 Å². The van der Waals surface area contributed by atoms with Gasteiger partial charge in [-0.25, -0.2) is 0 Å². The van der Waals surface area contributed by atoms with Gasteiger partial charge in [-0.3, -0.25) is 9.59 Å². The molecule has 0 aliphatic carbocycles. The Morgan fingerprint density at radius 1 is 1.00 bits per heavy atom. The van der Waals surface area contributed by atoms with Gasteiger partial charge >= 0.3 is 0 Å². The van der Waals surface area contributed by atoms with Crippen LogP contribution in [0.3, 0.4) is 0 Å². The Morgan fingerprint density at radius 2 is 1.62 bits per heavy atom. The van der Waals surface area contributed by atoms with E-state index in [0.29, 0.717) is 22.7 Å². The first-order valence-corrected chi connectivity index (χ1v) is 7.38. The molecule has 2 amide bonds. The average molecular weight is 328 g/mol. The van der Waals surface area contributed by atoms with Crippen molar-refractivity contribution < 1.29 is 19.1 Å². The molecule has 0 radical (unpaired) electrons. The first kappa shape index (κ1) is 17.3. The van der Waals surface area contributed by atoms with Gasteiger partial charge in [-0.15, -0.1) is 0 Å². The molecule has 2 aromatic rings. The van der Waals surface area contributed by atoms with Crippen LogP contribution in [0.25, 0.3) is 0 Å². The van der Waals surface area contributed by atoms with Gasteiger partial charge in [0.2, 0.25) is 0 Å². The van der Waals surface area contributed by atoms with Crippen molar-refractivity contribution in [1.29, 1.82) is 0 Å². The summed E-state index contributed by atoms with van der Waals surface area (Å²) in [6, 6.07) is 13.8. The number of hydrogen-bond acceptors (Lipinski definition) is 4. The van der Waals surface area contributed by atoms with E-state index < -0.39 is 0 Å². The Bertz CT molecular complexity index is 711. The smallest absolute Gasteiger partial charge is 0.262 e. The van der Waals surface area contributed by atoms with Gasteiger partial charge in [0.25, 0.3) is 11.8 Å². The summed E-state index contributed by atoms with van der Waals surface area (Å²) in [7, 11) is 4.92. The first-order chi connectivity index (χ1) is 11.5. The van der Waals surface area contributed by atoms with Crippen molar-refractivity contribution in [2.45, 2.75) is 0 Å². The van der Waals surface area contributed by atoms with E-state index in [1.54, 1.807) is 63.7 Å². The van der Waals surface area contributed by atoms with Crippen molar-refractivity contribution in [2.24, 2.45) is 0 Å². The van der Waals surface area contributed by atoms with Crippen LogP contribution in [-0.2, 0) is 4.79 Å². The van der Waals surface area contributed by atoms with E-state index in [9.17, 15) is 9.59 Å². The normalized spacial score (nSPS) is 9.96. The number of hydrogen-bond donors (Lipinski definition) is 1. The number of nitrogens with zero attached hydrogens (tertiary/aromatic N) is 1. The number of ether oxygens (including phenoxy) is 2. The van der Waals surface area contributed by atoms with Gasteiger partial charge < -0.3 is 19.7 Å². The maximum Gasteiger partial charge on any atom is 0.262 e. The van der Waals surface area contributed by atoms with E-state index in [-0.39, 0.29) is 18.4 Å². The summed E-state index contributed by atoms with van der Waals surface area (Å²) < 4.78 is 10.6. The molecule has 126 valence electrons. The molecule has 0 saturated heterocycles. The third-order valence-corrected chi connectivity index (χ3v) is 3.25. The van der Waals surface area contributed by atoms with Crippen LogP contribution in [0, 0.1) is 0 Å². The topological polar surface area (TPSA) is 67.9 Å². The van der Waals surface area contributed by atoms with Gasteiger partial charge in [0, 0.05) is 25.3 Å². The summed E-state index contributed by atoms with van der Waals surface area (Å²) >= 11 is 0. The lowest BCUT2D eigenvalue weighted by molar-refractivity contribution is -0.118. The maximum atomic E-state index is 12.0. The number of para-hydroxylation sites is 2.